The molecule has 0 spiro atoms. The topological polar surface area (TPSA) is 95.9 Å². The third-order valence-corrected chi connectivity index (χ3v) is 4.78. The molecule has 0 aliphatic carbocycles. The maximum Gasteiger partial charge on any atom is 1.00 e. The van der Waals surface area contributed by atoms with Gasteiger partial charge in [-0.3, -0.25) is 4.79 Å². The first-order chi connectivity index (χ1) is 13.8. The van der Waals surface area contributed by atoms with Crippen LogP contribution in [0.15, 0.2) is 18.2 Å². The predicted octanol–water partition coefficient (Wildman–Crippen LogP) is -0.397. The minimum absolute atomic E-state index is 0. The number of halogens is 1. The zero-order valence-corrected chi connectivity index (χ0v) is 20.5. The van der Waals surface area contributed by atoms with Gasteiger partial charge in [-0.05, 0) is 24.3 Å². The molecule has 1 heterocycles. The third kappa shape index (κ3) is 10.8. The molecule has 1 aliphatic heterocycles. The van der Waals surface area contributed by atoms with Crippen LogP contribution in [0.1, 0.15) is 45.4 Å². The molecule has 0 saturated carbocycles. The van der Waals surface area contributed by atoms with E-state index in [9.17, 15) is 19.5 Å². The van der Waals surface area contributed by atoms with Gasteiger partial charge in [0, 0.05) is 19.0 Å². The van der Waals surface area contributed by atoms with Crippen molar-refractivity contribution in [2.24, 2.45) is 0 Å². The number of rotatable bonds is 8. The molecular weight excluding hydrogens is 419 g/mol. The molecule has 0 aromatic heterocycles. The Morgan fingerprint density at radius 2 is 2.10 bits per heavy atom. The summed E-state index contributed by atoms with van der Waals surface area (Å²) in [7, 11) is 0. The van der Waals surface area contributed by atoms with Crippen LogP contribution in [-0.2, 0) is 19.1 Å². The Balaban J connectivity index is 0.000000909. The molecule has 0 atom stereocenters. The second kappa shape index (κ2) is 15.6. The van der Waals surface area contributed by atoms with Gasteiger partial charge in [0.15, 0.2) is 0 Å². The number of aliphatic hydroxyl groups is 1. The van der Waals surface area contributed by atoms with Crippen LogP contribution in [0.2, 0.25) is 5.02 Å². The Labute approximate surface area is 205 Å². The quantitative estimate of drug-likeness (QED) is 0.185. The average Bonchev–Trinajstić information content (AvgIpc) is 2.70. The van der Waals surface area contributed by atoms with Crippen molar-refractivity contribution < 1.29 is 53.8 Å². The molecule has 2 rings (SSSR count). The summed E-state index contributed by atoms with van der Waals surface area (Å²) in [6, 6.07) is 8.43. The molecule has 1 aromatic carbocycles. The Kier molecular flexibility index (Phi) is 15.1. The van der Waals surface area contributed by atoms with E-state index in [1.807, 2.05) is 19.1 Å². The van der Waals surface area contributed by atoms with Gasteiger partial charge < -0.3 is 36.6 Å². The first kappa shape index (κ1) is 28.9. The van der Waals surface area contributed by atoms with Crippen molar-refractivity contribution >= 4 is 35.6 Å². The number of hydrogen-bond acceptors (Lipinski definition) is 6. The Hall–Kier alpha value is -1.12. The molecule has 1 aromatic rings. The van der Waals surface area contributed by atoms with Gasteiger partial charge in [-0.2, -0.15) is 36.2 Å². The SMILES string of the molecule is CCCCOC(=O)CC1(O)CCN(c2cc[c-]cc2Cl)CC1.[CH2-]CC(=O)N[C-]=O.[Na+]. The Morgan fingerprint density at radius 3 is 2.60 bits per heavy atom. The summed E-state index contributed by atoms with van der Waals surface area (Å²) >= 11 is 6.17. The van der Waals surface area contributed by atoms with Crippen LogP contribution in [0.5, 0.6) is 0 Å². The van der Waals surface area contributed by atoms with Crippen molar-refractivity contribution in [3.63, 3.8) is 0 Å². The Morgan fingerprint density at radius 1 is 1.43 bits per heavy atom. The number of anilines is 1. The minimum atomic E-state index is -0.965. The number of unbranched alkanes of at least 4 members (excludes halogenated alkanes) is 1. The predicted molar refractivity (Wildman–Crippen MR) is 111 cm³/mol. The molecule has 1 aliphatic rings. The molecule has 2 amide bonds. The number of benzene rings is 1. The number of carbonyl (C=O) groups excluding carboxylic acids is 3. The molecule has 1 fully saturated rings. The molecule has 0 radical (unpaired) electrons. The summed E-state index contributed by atoms with van der Waals surface area (Å²) in [6.07, 6.45) is 4.29. The van der Waals surface area contributed by atoms with Crippen molar-refractivity contribution in [1.29, 1.82) is 0 Å². The monoisotopic (exact) mass is 446 g/mol. The van der Waals surface area contributed by atoms with Gasteiger partial charge in [0.1, 0.15) is 0 Å². The van der Waals surface area contributed by atoms with Gasteiger partial charge in [-0.25, -0.2) is 0 Å². The fraction of sp³-hybridized carbons (Fsp3) is 0.524. The molecule has 9 heteroatoms. The van der Waals surface area contributed by atoms with Crippen LogP contribution >= 0.6 is 11.6 Å². The van der Waals surface area contributed by atoms with E-state index in [-0.39, 0.29) is 48.4 Å². The molecule has 162 valence electrons. The van der Waals surface area contributed by atoms with Crippen LogP contribution in [0.4, 0.5) is 5.69 Å². The number of nitrogens with zero attached hydrogens (tertiary/aromatic N) is 1. The summed E-state index contributed by atoms with van der Waals surface area (Å²) < 4.78 is 5.14. The van der Waals surface area contributed by atoms with Gasteiger partial charge in [-0.1, -0.05) is 19.0 Å². The number of hydrogen-bond donors (Lipinski definition) is 2. The van der Waals surface area contributed by atoms with E-state index in [2.05, 4.69) is 17.9 Å². The van der Waals surface area contributed by atoms with E-state index < -0.39 is 11.5 Å². The Bertz CT molecular complexity index is 667. The first-order valence-corrected chi connectivity index (χ1v) is 9.96. The molecular formula is C21H28ClN2NaO5-2. The fourth-order valence-corrected chi connectivity index (χ4v) is 3.01. The zero-order valence-electron chi connectivity index (χ0n) is 17.7. The number of esters is 1. The normalized spacial score (nSPS) is 14.5. The van der Waals surface area contributed by atoms with E-state index in [0.29, 0.717) is 37.6 Å². The van der Waals surface area contributed by atoms with Gasteiger partial charge in [0.2, 0.25) is 0 Å². The molecule has 1 saturated heterocycles. The number of piperidine rings is 1. The smallest absolute Gasteiger partial charge is 0.466 e. The van der Waals surface area contributed by atoms with E-state index >= 15 is 0 Å². The second-order valence-corrected chi connectivity index (χ2v) is 7.15. The van der Waals surface area contributed by atoms with Crippen LogP contribution < -0.4 is 39.8 Å². The van der Waals surface area contributed by atoms with Gasteiger partial charge in [0.05, 0.1) is 25.0 Å². The number of amides is 2. The second-order valence-electron chi connectivity index (χ2n) is 6.74. The summed E-state index contributed by atoms with van der Waals surface area (Å²) in [4.78, 5) is 33.2. The first-order valence-electron chi connectivity index (χ1n) is 9.59. The third-order valence-electron chi connectivity index (χ3n) is 4.48. The molecule has 0 bridgehead atoms. The van der Waals surface area contributed by atoms with Crippen LogP contribution in [0.25, 0.3) is 0 Å². The summed E-state index contributed by atoms with van der Waals surface area (Å²) in [5, 5.41) is 13.0. The van der Waals surface area contributed by atoms with Crippen molar-refractivity contribution in [3.05, 3.63) is 36.2 Å². The minimum Gasteiger partial charge on any atom is -0.466 e. The molecule has 0 unspecified atom stereocenters. The fourth-order valence-electron chi connectivity index (χ4n) is 2.77. The van der Waals surface area contributed by atoms with Crippen LogP contribution in [-0.4, -0.2) is 48.7 Å². The molecule has 30 heavy (non-hydrogen) atoms. The number of nitrogens with one attached hydrogen (secondary N) is 1. The van der Waals surface area contributed by atoms with Crippen LogP contribution in [0, 0.1) is 13.0 Å². The van der Waals surface area contributed by atoms with Crippen molar-refractivity contribution in [3.8, 4) is 0 Å². The van der Waals surface area contributed by atoms with Crippen molar-refractivity contribution in [1.82, 2.24) is 5.32 Å². The number of carbonyl (C=O) groups is 2. The summed E-state index contributed by atoms with van der Waals surface area (Å²) in [6.45, 7) is 7.03. The average molecular weight is 447 g/mol. The summed E-state index contributed by atoms with van der Waals surface area (Å²) in [5.74, 6) is -0.716. The van der Waals surface area contributed by atoms with Gasteiger partial charge in [-0.15, -0.1) is 6.07 Å². The van der Waals surface area contributed by atoms with Gasteiger partial charge >= 0.3 is 35.5 Å². The standard InChI is InChI=1S/C17H23ClNO3.C4H5NO2.Na/c1-2-3-12-22-16(20)13-17(21)8-10-19(11-9-17)15-7-5-4-6-14(15)18;1-2-4(7)5-3-6;/h5-7,21H,2-3,8-13H2,1H3;1-2H2,(H,5,6,7);/q-1;-2;+1. The molecule has 2 N–H and O–H groups in total. The number of ether oxygens (including phenoxy) is 1. The van der Waals surface area contributed by atoms with E-state index in [0.717, 1.165) is 18.5 Å². The van der Waals surface area contributed by atoms with Gasteiger partial charge in [0.25, 0.3) is 0 Å². The molecule has 7 nitrogen and oxygen atoms in total. The van der Waals surface area contributed by atoms with Crippen molar-refractivity contribution in [2.75, 3.05) is 24.6 Å². The maximum atomic E-state index is 11.8. The van der Waals surface area contributed by atoms with E-state index in [1.165, 1.54) is 6.41 Å². The maximum absolute atomic E-state index is 11.8. The largest absolute Gasteiger partial charge is 1.00 e. The van der Waals surface area contributed by atoms with Crippen LogP contribution in [0.3, 0.4) is 0 Å². The van der Waals surface area contributed by atoms with E-state index in [4.69, 9.17) is 16.3 Å². The van der Waals surface area contributed by atoms with Crippen molar-refractivity contribution in [2.45, 2.75) is 51.0 Å². The zero-order chi connectivity index (χ0) is 21.7. The summed E-state index contributed by atoms with van der Waals surface area (Å²) in [5.41, 5.74) is -0.0133. The number of imide groups is 1. The van der Waals surface area contributed by atoms with E-state index in [1.54, 1.807) is 11.4 Å².